The Hall–Kier alpha value is -4.64. The molecule has 0 bridgehead atoms. The number of aryl methyl sites for hydroxylation is 1. The number of hydrogen-bond donors (Lipinski definition) is 4. The number of H-pyrrole nitrogens is 1. The van der Waals surface area contributed by atoms with Gasteiger partial charge in [0.2, 0.25) is 0 Å². The fourth-order valence-corrected chi connectivity index (χ4v) is 5.42. The molecule has 11 nitrogen and oxygen atoms in total. The molecule has 1 saturated heterocycles. The Morgan fingerprint density at radius 3 is 2.64 bits per heavy atom. The van der Waals surface area contributed by atoms with Gasteiger partial charge in [-0.2, -0.15) is 4.98 Å². The lowest BCUT2D eigenvalue weighted by Gasteiger charge is -2.16. The molecule has 5 aromatic rings. The SMILES string of the molecule is Cc1cc(-c2ncnc3[nH]c4cc(C5CCNC5)ccc4c23)ccc1[C@@H](C)NC(=O)c1nc(C(C)(C)C)no1.O=CO. The average molecular weight is 570 g/mol. The minimum atomic E-state index is -0.391. The highest BCUT2D eigenvalue weighted by molar-refractivity contribution is 6.12. The maximum absolute atomic E-state index is 12.8. The summed E-state index contributed by atoms with van der Waals surface area (Å²) in [6.45, 7) is 11.7. The molecule has 1 fully saturated rings. The van der Waals surface area contributed by atoms with E-state index in [4.69, 9.17) is 14.4 Å². The molecular weight excluding hydrogens is 534 g/mol. The van der Waals surface area contributed by atoms with Crippen molar-refractivity contribution in [1.82, 2.24) is 35.7 Å². The van der Waals surface area contributed by atoms with Gasteiger partial charge < -0.3 is 25.2 Å². The number of hydrogen-bond acceptors (Lipinski definition) is 8. The zero-order valence-electron chi connectivity index (χ0n) is 24.4. The van der Waals surface area contributed by atoms with E-state index in [1.54, 1.807) is 6.33 Å². The molecule has 3 aromatic heterocycles. The number of aromatic amines is 1. The van der Waals surface area contributed by atoms with Crippen LogP contribution in [0.4, 0.5) is 0 Å². The van der Waals surface area contributed by atoms with Crippen LogP contribution in [-0.2, 0) is 10.2 Å². The number of aromatic nitrogens is 5. The second-order valence-corrected chi connectivity index (χ2v) is 11.6. The van der Waals surface area contributed by atoms with E-state index in [-0.39, 0.29) is 23.8 Å². The van der Waals surface area contributed by atoms with Crippen LogP contribution in [0.2, 0.25) is 0 Å². The second kappa shape index (κ2) is 11.7. The van der Waals surface area contributed by atoms with Crippen molar-refractivity contribution in [2.75, 3.05) is 13.1 Å². The van der Waals surface area contributed by atoms with E-state index in [1.165, 1.54) is 5.56 Å². The normalized spacial score (nSPS) is 15.8. The van der Waals surface area contributed by atoms with E-state index in [2.05, 4.69) is 66.1 Å². The van der Waals surface area contributed by atoms with Crippen molar-refractivity contribution in [1.29, 1.82) is 0 Å². The molecule has 1 amide bonds. The largest absolute Gasteiger partial charge is 0.483 e. The van der Waals surface area contributed by atoms with Gasteiger partial charge in [0.1, 0.15) is 12.0 Å². The number of carbonyl (C=O) groups is 2. The van der Waals surface area contributed by atoms with E-state index < -0.39 is 5.91 Å². The van der Waals surface area contributed by atoms with Crippen LogP contribution < -0.4 is 10.6 Å². The zero-order valence-corrected chi connectivity index (χ0v) is 24.4. The first-order chi connectivity index (χ1) is 20.1. The maximum Gasteiger partial charge on any atom is 0.315 e. The standard InChI is InChI=1S/C30H33N7O2.CH2O2/c1-16-12-19(7-8-21(16)17(2)34-27(38)28-36-29(37-39-28)30(3,4)5)25-24-22-9-6-18(20-10-11-31-14-20)13-23(22)35-26(24)33-15-32-25;2-1-3/h6-9,12-13,15,17,20,31H,10-11,14H2,1-5H3,(H,34,38)(H,32,33,35);1H,(H,2,3)/t17-,20?;/m1./s1. The van der Waals surface area contributed by atoms with Gasteiger partial charge in [0.25, 0.3) is 6.47 Å². The quantitative estimate of drug-likeness (QED) is 0.213. The topological polar surface area (TPSA) is 159 Å². The van der Waals surface area contributed by atoms with Gasteiger partial charge in [-0.1, -0.05) is 50.2 Å². The lowest BCUT2D eigenvalue weighted by molar-refractivity contribution is -0.122. The summed E-state index contributed by atoms with van der Waals surface area (Å²) in [5.41, 5.74) is 6.88. The Labute approximate surface area is 243 Å². The van der Waals surface area contributed by atoms with Crippen molar-refractivity contribution >= 4 is 34.3 Å². The minimum Gasteiger partial charge on any atom is -0.483 e. The minimum absolute atomic E-state index is 0.0314. The van der Waals surface area contributed by atoms with Crippen LogP contribution in [0, 0.1) is 6.92 Å². The molecule has 0 radical (unpaired) electrons. The molecule has 42 heavy (non-hydrogen) atoms. The number of amides is 1. The molecule has 4 heterocycles. The Morgan fingerprint density at radius 2 is 1.98 bits per heavy atom. The van der Waals surface area contributed by atoms with Crippen LogP contribution in [0.25, 0.3) is 33.2 Å². The number of carbonyl (C=O) groups excluding carboxylic acids is 1. The third-order valence-electron chi connectivity index (χ3n) is 7.59. The van der Waals surface area contributed by atoms with Gasteiger partial charge >= 0.3 is 11.8 Å². The highest BCUT2D eigenvalue weighted by Gasteiger charge is 2.25. The molecule has 2 aromatic carbocycles. The van der Waals surface area contributed by atoms with E-state index in [0.29, 0.717) is 11.7 Å². The molecule has 4 N–H and O–H groups in total. The number of nitrogens with zero attached hydrogens (tertiary/aromatic N) is 4. The Morgan fingerprint density at radius 1 is 1.19 bits per heavy atom. The second-order valence-electron chi connectivity index (χ2n) is 11.6. The first-order valence-electron chi connectivity index (χ1n) is 13.9. The zero-order chi connectivity index (χ0) is 30.0. The monoisotopic (exact) mass is 569 g/mol. The molecular formula is C31H35N7O4. The first-order valence-corrected chi connectivity index (χ1v) is 13.9. The summed E-state index contributed by atoms with van der Waals surface area (Å²) in [5.74, 6) is 0.625. The van der Waals surface area contributed by atoms with Crippen molar-refractivity contribution in [2.45, 2.75) is 58.4 Å². The van der Waals surface area contributed by atoms with E-state index in [0.717, 1.165) is 63.8 Å². The van der Waals surface area contributed by atoms with E-state index in [9.17, 15) is 4.79 Å². The number of fused-ring (bicyclic) bond motifs is 3. The van der Waals surface area contributed by atoms with Crippen LogP contribution in [0.3, 0.4) is 0 Å². The van der Waals surface area contributed by atoms with Gasteiger partial charge in [-0.3, -0.25) is 9.59 Å². The molecule has 1 aliphatic heterocycles. The van der Waals surface area contributed by atoms with Crippen molar-refractivity contribution in [3.8, 4) is 11.3 Å². The summed E-state index contributed by atoms with van der Waals surface area (Å²) in [7, 11) is 0. The van der Waals surface area contributed by atoms with E-state index in [1.807, 2.05) is 40.7 Å². The van der Waals surface area contributed by atoms with Gasteiger partial charge in [-0.15, -0.1) is 0 Å². The molecule has 1 unspecified atom stereocenters. The van der Waals surface area contributed by atoms with Crippen molar-refractivity contribution in [3.05, 3.63) is 71.1 Å². The van der Waals surface area contributed by atoms with Crippen LogP contribution >= 0.6 is 0 Å². The number of nitrogens with one attached hydrogen (secondary N) is 3. The summed E-state index contributed by atoms with van der Waals surface area (Å²) in [6, 6.07) is 12.6. The number of benzene rings is 2. The van der Waals surface area contributed by atoms with Gasteiger partial charge in [0.15, 0.2) is 5.82 Å². The lowest BCUT2D eigenvalue weighted by atomic mass is 9.95. The molecule has 6 rings (SSSR count). The average Bonchev–Trinajstić information content (AvgIpc) is 3.72. The summed E-state index contributed by atoms with van der Waals surface area (Å²) in [6.07, 6.45) is 2.77. The first kappa shape index (κ1) is 28.9. The number of carboxylic acid groups (broad SMARTS) is 1. The van der Waals surface area contributed by atoms with Crippen LogP contribution in [0.5, 0.6) is 0 Å². The van der Waals surface area contributed by atoms with E-state index >= 15 is 0 Å². The molecule has 218 valence electrons. The lowest BCUT2D eigenvalue weighted by Crippen LogP contribution is -2.27. The maximum atomic E-state index is 12.8. The molecule has 1 aliphatic rings. The summed E-state index contributed by atoms with van der Waals surface area (Å²) < 4.78 is 5.21. The van der Waals surface area contributed by atoms with Crippen molar-refractivity contribution in [2.24, 2.45) is 0 Å². The molecule has 0 aliphatic carbocycles. The van der Waals surface area contributed by atoms with Crippen LogP contribution in [-0.4, -0.2) is 55.7 Å². The van der Waals surface area contributed by atoms with Crippen molar-refractivity contribution < 1.29 is 19.2 Å². The van der Waals surface area contributed by atoms with Crippen molar-refractivity contribution in [3.63, 3.8) is 0 Å². The fraction of sp³-hybridized carbons (Fsp3) is 0.355. The molecule has 0 saturated carbocycles. The third kappa shape index (κ3) is 5.73. The van der Waals surface area contributed by atoms with Gasteiger partial charge in [0.05, 0.1) is 17.1 Å². The summed E-state index contributed by atoms with van der Waals surface area (Å²) in [5, 5.41) is 19.4. The Balaban J connectivity index is 0.00000113. The highest BCUT2D eigenvalue weighted by Crippen LogP contribution is 2.35. The Kier molecular flexibility index (Phi) is 8.04. The van der Waals surface area contributed by atoms with Gasteiger partial charge in [-0.05, 0) is 61.6 Å². The van der Waals surface area contributed by atoms with Gasteiger partial charge in [-0.25, -0.2) is 9.97 Å². The predicted octanol–water partition coefficient (Wildman–Crippen LogP) is 5.04. The van der Waals surface area contributed by atoms with Gasteiger partial charge in [0, 0.05) is 28.4 Å². The summed E-state index contributed by atoms with van der Waals surface area (Å²) >= 11 is 0. The molecule has 11 heteroatoms. The van der Waals surface area contributed by atoms with Crippen LogP contribution in [0.15, 0.2) is 47.2 Å². The fourth-order valence-electron chi connectivity index (χ4n) is 5.42. The Bertz CT molecular complexity index is 1750. The smallest absolute Gasteiger partial charge is 0.315 e. The molecule has 2 atom stereocenters. The third-order valence-corrected chi connectivity index (χ3v) is 7.59. The number of rotatable bonds is 5. The highest BCUT2D eigenvalue weighted by atomic mass is 16.5. The summed E-state index contributed by atoms with van der Waals surface area (Å²) in [4.78, 5) is 38.1. The predicted molar refractivity (Wildman–Crippen MR) is 159 cm³/mol. The van der Waals surface area contributed by atoms with Crippen LogP contribution in [0.1, 0.15) is 79.3 Å². The molecule has 0 spiro atoms.